The van der Waals surface area contributed by atoms with Crippen molar-refractivity contribution in [2.75, 3.05) is 5.32 Å². The van der Waals surface area contributed by atoms with Gasteiger partial charge in [-0.2, -0.15) is 5.10 Å². The van der Waals surface area contributed by atoms with Crippen LogP contribution in [0.3, 0.4) is 0 Å². The number of amides is 1. The molecule has 24 heavy (non-hydrogen) atoms. The lowest BCUT2D eigenvalue weighted by molar-refractivity contribution is -0.154. The Hall–Kier alpha value is -2.64. The summed E-state index contributed by atoms with van der Waals surface area (Å²) in [6.07, 6.45) is -0.349. The fourth-order valence-electron chi connectivity index (χ4n) is 2.27. The average Bonchev–Trinajstić information content (AvgIpc) is 3.07. The molecule has 0 aliphatic carbocycles. The normalized spacial score (nSPS) is 12.0. The van der Waals surface area contributed by atoms with E-state index in [0.717, 1.165) is 11.4 Å². The van der Waals surface area contributed by atoms with Crippen LogP contribution >= 0.6 is 0 Å². The molecule has 0 bridgehead atoms. The summed E-state index contributed by atoms with van der Waals surface area (Å²) in [5.41, 5.74) is 1.88. The number of nitrogens with one attached hydrogen (secondary N) is 1. The number of aromatic nitrogens is 3. The predicted molar refractivity (Wildman–Crippen MR) is 86.4 cm³/mol. The van der Waals surface area contributed by atoms with E-state index in [1.807, 2.05) is 19.9 Å². The van der Waals surface area contributed by atoms with E-state index in [9.17, 15) is 9.59 Å². The van der Waals surface area contributed by atoms with Crippen LogP contribution in [0.5, 0.6) is 0 Å². The third kappa shape index (κ3) is 4.68. The Kier molecular flexibility index (Phi) is 5.73. The third-order valence-corrected chi connectivity index (χ3v) is 3.45. The molecule has 2 rings (SSSR count). The Bertz CT molecular complexity index is 719. The van der Waals surface area contributed by atoms with Crippen LogP contribution in [-0.2, 0) is 20.9 Å². The molecule has 0 aromatic carbocycles. The molecule has 0 saturated carbocycles. The van der Waals surface area contributed by atoms with Crippen molar-refractivity contribution in [3.05, 3.63) is 29.3 Å². The Morgan fingerprint density at radius 2 is 2.08 bits per heavy atom. The van der Waals surface area contributed by atoms with Crippen molar-refractivity contribution in [3.63, 3.8) is 0 Å². The number of esters is 1. The first-order chi connectivity index (χ1) is 11.4. The van der Waals surface area contributed by atoms with Gasteiger partial charge in [-0.15, -0.1) is 0 Å². The van der Waals surface area contributed by atoms with Crippen molar-refractivity contribution in [3.8, 4) is 0 Å². The van der Waals surface area contributed by atoms with Gasteiger partial charge < -0.3 is 14.6 Å². The topological polar surface area (TPSA) is 99.2 Å². The Balaban J connectivity index is 1.85. The van der Waals surface area contributed by atoms with Crippen molar-refractivity contribution in [1.82, 2.24) is 14.9 Å². The maximum absolute atomic E-state index is 12.1. The van der Waals surface area contributed by atoms with Crippen LogP contribution in [0.15, 0.2) is 16.7 Å². The molecule has 0 fully saturated rings. The number of ether oxygens (including phenoxy) is 1. The van der Waals surface area contributed by atoms with Gasteiger partial charge in [0.1, 0.15) is 5.76 Å². The highest BCUT2D eigenvalue weighted by Gasteiger charge is 2.22. The fraction of sp³-hybridized carbons (Fsp3) is 0.500. The SMILES string of the molecule is CC[C@H](OC(=O)CCn1nc(C)cc1C)C(=O)Nc1cc(C)on1. The fourth-order valence-corrected chi connectivity index (χ4v) is 2.27. The zero-order chi connectivity index (χ0) is 17.7. The molecule has 0 aliphatic rings. The van der Waals surface area contributed by atoms with Crippen LogP contribution in [-0.4, -0.2) is 32.9 Å². The maximum Gasteiger partial charge on any atom is 0.308 e. The van der Waals surface area contributed by atoms with Crippen LogP contribution in [0.4, 0.5) is 5.82 Å². The number of carbonyl (C=O) groups is 2. The van der Waals surface area contributed by atoms with Crippen molar-refractivity contribution in [2.24, 2.45) is 0 Å². The van der Waals surface area contributed by atoms with Gasteiger partial charge in [-0.1, -0.05) is 12.1 Å². The maximum atomic E-state index is 12.1. The summed E-state index contributed by atoms with van der Waals surface area (Å²) in [4.78, 5) is 24.1. The van der Waals surface area contributed by atoms with Crippen molar-refractivity contribution in [1.29, 1.82) is 0 Å². The largest absolute Gasteiger partial charge is 0.452 e. The van der Waals surface area contributed by atoms with Gasteiger partial charge in [-0.05, 0) is 33.3 Å². The van der Waals surface area contributed by atoms with Gasteiger partial charge in [0.25, 0.3) is 5.91 Å². The molecule has 8 heteroatoms. The zero-order valence-electron chi connectivity index (χ0n) is 14.3. The minimum absolute atomic E-state index is 0.148. The number of rotatable bonds is 7. The Morgan fingerprint density at radius 3 is 2.62 bits per heavy atom. The van der Waals surface area contributed by atoms with Gasteiger partial charge in [0, 0.05) is 11.8 Å². The van der Waals surface area contributed by atoms with Crippen LogP contribution < -0.4 is 5.32 Å². The summed E-state index contributed by atoms with van der Waals surface area (Å²) in [6.45, 7) is 7.73. The number of hydrogen-bond acceptors (Lipinski definition) is 6. The van der Waals surface area contributed by atoms with E-state index in [1.165, 1.54) is 0 Å². The molecule has 2 aromatic rings. The van der Waals surface area contributed by atoms with E-state index in [-0.39, 0.29) is 6.42 Å². The van der Waals surface area contributed by atoms with E-state index in [0.29, 0.717) is 24.5 Å². The smallest absolute Gasteiger partial charge is 0.308 e. The van der Waals surface area contributed by atoms with Crippen LogP contribution in [0.1, 0.15) is 36.9 Å². The Labute approximate surface area is 140 Å². The van der Waals surface area contributed by atoms with E-state index >= 15 is 0 Å². The number of hydrogen-bond donors (Lipinski definition) is 1. The summed E-state index contributed by atoms with van der Waals surface area (Å²) in [5.74, 6) is 0.0148. The minimum Gasteiger partial charge on any atom is -0.452 e. The highest BCUT2D eigenvalue weighted by molar-refractivity contribution is 5.94. The second kappa shape index (κ2) is 7.76. The van der Waals surface area contributed by atoms with Gasteiger partial charge in [0.2, 0.25) is 0 Å². The number of carbonyl (C=O) groups excluding carboxylic acids is 2. The van der Waals surface area contributed by atoms with E-state index in [4.69, 9.17) is 9.26 Å². The van der Waals surface area contributed by atoms with Gasteiger partial charge in [-0.3, -0.25) is 14.3 Å². The average molecular weight is 334 g/mol. The summed E-state index contributed by atoms with van der Waals surface area (Å²) in [7, 11) is 0. The molecule has 0 saturated heterocycles. The molecule has 2 aromatic heterocycles. The second-order valence-electron chi connectivity index (χ2n) is 5.60. The van der Waals surface area contributed by atoms with Gasteiger partial charge >= 0.3 is 5.97 Å². The van der Waals surface area contributed by atoms with Gasteiger partial charge in [0.15, 0.2) is 11.9 Å². The molecule has 0 aliphatic heterocycles. The van der Waals surface area contributed by atoms with Gasteiger partial charge in [0.05, 0.1) is 18.7 Å². The van der Waals surface area contributed by atoms with Crippen LogP contribution in [0, 0.1) is 20.8 Å². The van der Waals surface area contributed by atoms with Gasteiger partial charge in [-0.25, -0.2) is 0 Å². The molecule has 1 N–H and O–H groups in total. The van der Waals surface area contributed by atoms with E-state index < -0.39 is 18.0 Å². The van der Waals surface area contributed by atoms with E-state index in [2.05, 4.69) is 15.6 Å². The highest BCUT2D eigenvalue weighted by atomic mass is 16.5. The number of anilines is 1. The third-order valence-electron chi connectivity index (χ3n) is 3.45. The van der Waals surface area contributed by atoms with Crippen molar-refractivity contribution in [2.45, 2.75) is 53.2 Å². The molecule has 0 radical (unpaired) electrons. The molecular formula is C16H22N4O4. The molecular weight excluding hydrogens is 312 g/mol. The monoisotopic (exact) mass is 334 g/mol. The lowest BCUT2D eigenvalue weighted by atomic mass is 10.2. The molecule has 2 heterocycles. The molecule has 0 spiro atoms. The van der Waals surface area contributed by atoms with E-state index in [1.54, 1.807) is 24.6 Å². The quantitative estimate of drug-likeness (QED) is 0.779. The second-order valence-corrected chi connectivity index (χ2v) is 5.60. The first-order valence-electron chi connectivity index (χ1n) is 7.83. The van der Waals surface area contributed by atoms with Crippen molar-refractivity contribution >= 4 is 17.7 Å². The summed E-state index contributed by atoms with van der Waals surface area (Å²) in [6, 6.07) is 3.53. The van der Waals surface area contributed by atoms with Crippen molar-refractivity contribution < 1.29 is 18.8 Å². The lowest BCUT2D eigenvalue weighted by Gasteiger charge is -2.15. The lowest BCUT2D eigenvalue weighted by Crippen LogP contribution is -2.32. The summed E-state index contributed by atoms with van der Waals surface area (Å²) in [5, 5.41) is 10.5. The molecule has 130 valence electrons. The Morgan fingerprint density at radius 1 is 1.33 bits per heavy atom. The van der Waals surface area contributed by atoms with Crippen LogP contribution in [0.2, 0.25) is 0 Å². The molecule has 8 nitrogen and oxygen atoms in total. The first kappa shape index (κ1) is 17.7. The number of aryl methyl sites for hydroxylation is 4. The predicted octanol–water partition coefficient (Wildman–Crippen LogP) is 2.15. The molecule has 1 amide bonds. The van der Waals surface area contributed by atoms with Crippen LogP contribution in [0.25, 0.3) is 0 Å². The molecule has 1 atom stereocenters. The summed E-state index contributed by atoms with van der Waals surface area (Å²) < 4.78 is 11.9. The standard InChI is InChI=1S/C16H22N4O4/c1-5-13(16(22)17-14-9-12(4)24-19-14)23-15(21)6-7-20-11(3)8-10(2)18-20/h8-9,13H,5-7H2,1-4H3,(H,17,19,22)/t13-/m0/s1. The zero-order valence-corrected chi connectivity index (χ0v) is 14.3. The first-order valence-corrected chi connectivity index (χ1v) is 7.83. The minimum atomic E-state index is -0.866. The summed E-state index contributed by atoms with van der Waals surface area (Å²) >= 11 is 0. The highest BCUT2D eigenvalue weighted by Crippen LogP contribution is 2.10. The number of nitrogens with zero attached hydrogens (tertiary/aromatic N) is 3. The molecule has 0 unspecified atom stereocenters.